The highest BCUT2D eigenvalue weighted by molar-refractivity contribution is 5.22. The van der Waals surface area contributed by atoms with Crippen LogP contribution in [0.4, 0.5) is 0 Å². The van der Waals surface area contributed by atoms with Crippen LogP contribution in [0.5, 0.6) is 0 Å². The van der Waals surface area contributed by atoms with Crippen molar-refractivity contribution in [1.29, 1.82) is 0 Å². The van der Waals surface area contributed by atoms with E-state index in [1.165, 1.54) is 18.5 Å². The third-order valence-electron chi connectivity index (χ3n) is 3.23. The average molecular weight is 209 g/mol. The number of aliphatic hydroxyl groups excluding tert-OH is 1. The summed E-state index contributed by atoms with van der Waals surface area (Å²) >= 11 is 0. The number of nitrogens with two attached hydrogens (primary N) is 1. The van der Waals surface area contributed by atoms with Crippen LogP contribution in [0.25, 0.3) is 0 Å². The van der Waals surface area contributed by atoms with Gasteiger partial charge in [-0.15, -0.1) is 0 Å². The average Bonchev–Trinajstić information content (AvgIpc) is 2.56. The van der Waals surface area contributed by atoms with E-state index in [9.17, 15) is 5.11 Å². The van der Waals surface area contributed by atoms with Gasteiger partial charge in [0.2, 0.25) is 0 Å². The highest BCUT2D eigenvalue weighted by atomic mass is 16.3. The van der Waals surface area contributed by atoms with Gasteiger partial charge in [0.1, 0.15) is 11.9 Å². The zero-order chi connectivity index (χ0) is 11.0. The number of hydrogen-bond acceptors (Lipinski definition) is 3. The lowest BCUT2D eigenvalue weighted by atomic mass is 10.0. The minimum atomic E-state index is -0.606. The molecule has 0 aromatic carbocycles. The molecule has 84 valence electrons. The Bertz CT molecular complexity index is 359. The number of aryl methyl sites for hydroxylation is 1. The Morgan fingerprint density at radius 2 is 2.40 bits per heavy atom. The molecular formula is C11H19N3O. The molecule has 2 heterocycles. The lowest BCUT2D eigenvalue weighted by Crippen LogP contribution is -2.19. The zero-order valence-electron chi connectivity index (χ0n) is 9.40. The van der Waals surface area contributed by atoms with Crippen LogP contribution in [0.2, 0.25) is 0 Å². The van der Waals surface area contributed by atoms with Crippen molar-refractivity contribution >= 4 is 0 Å². The number of aromatic nitrogens is 2. The lowest BCUT2D eigenvalue weighted by Gasteiger charge is -2.24. The minimum Gasteiger partial charge on any atom is -0.385 e. The summed E-state index contributed by atoms with van der Waals surface area (Å²) in [6.07, 6.45) is 2.78. The number of imidazole rings is 1. The van der Waals surface area contributed by atoms with E-state index in [0.717, 1.165) is 17.9 Å². The molecule has 2 unspecified atom stereocenters. The SMILES string of the molecule is Cc1nc(C(O)CN)c2n1C(C)CCC2. The second-order valence-corrected chi connectivity index (χ2v) is 4.35. The van der Waals surface area contributed by atoms with Gasteiger partial charge in [0.15, 0.2) is 0 Å². The molecule has 0 fully saturated rings. The van der Waals surface area contributed by atoms with Crippen LogP contribution < -0.4 is 5.73 Å². The quantitative estimate of drug-likeness (QED) is 0.766. The maximum Gasteiger partial charge on any atom is 0.110 e. The molecule has 0 radical (unpaired) electrons. The zero-order valence-corrected chi connectivity index (χ0v) is 9.40. The Kier molecular flexibility index (Phi) is 2.80. The minimum absolute atomic E-state index is 0.248. The van der Waals surface area contributed by atoms with Crippen LogP contribution in [-0.4, -0.2) is 21.2 Å². The van der Waals surface area contributed by atoms with Gasteiger partial charge in [-0.1, -0.05) is 0 Å². The molecule has 4 heteroatoms. The summed E-state index contributed by atoms with van der Waals surface area (Å²) in [4.78, 5) is 4.45. The first kappa shape index (κ1) is 10.6. The highest BCUT2D eigenvalue weighted by Crippen LogP contribution is 2.30. The van der Waals surface area contributed by atoms with E-state index in [1.54, 1.807) is 0 Å². The van der Waals surface area contributed by atoms with Crippen LogP contribution in [0.1, 0.15) is 49.1 Å². The molecule has 0 saturated heterocycles. The van der Waals surface area contributed by atoms with Crippen molar-refractivity contribution in [2.45, 2.75) is 45.3 Å². The topological polar surface area (TPSA) is 64.1 Å². The molecule has 0 bridgehead atoms. The van der Waals surface area contributed by atoms with Gasteiger partial charge >= 0.3 is 0 Å². The van der Waals surface area contributed by atoms with Crippen LogP contribution in [0.15, 0.2) is 0 Å². The fourth-order valence-corrected chi connectivity index (χ4v) is 2.52. The molecule has 2 atom stereocenters. The third-order valence-corrected chi connectivity index (χ3v) is 3.23. The second kappa shape index (κ2) is 3.94. The van der Waals surface area contributed by atoms with Crippen molar-refractivity contribution in [1.82, 2.24) is 9.55 Å². The molecule has 0 amide bonds. The molecular weight excluding hydrogens is 190 g/mol. The summed E-state index contributed by atoms with van der Waals surface area (Å²) in [5, 5.41) is 9.78. The van der Waals surface area contributed by atoms with E-state index in [0.29, 0.717) is 6.04 Å². The van der Waals surface area contributed by atoms with E-state index in [-0.39, 0.29) is 6.54 Å². The smallest absolute Gasteiger partial charge is 0.110 e. The molecule has 1 aromatic rings. The number of rotatable bonds is 2. The number of hydrogen-bond donors (Lipinski definition) is 2. The molecule has 4 nitrogen and oxygen atoms in total. The maximum absolute atomic E-state index is 9.78. The van der Waals surface area contributed by atoms with Crippen LogP contribution in [-0.2, 0) is 6.42 Å². The molecule has 2 rings (SSSR count). The predicted molar refractivity (Wildman–Crippen MR) is 58.6 cm³/mol. The summed E-state index contributed by atoms with van der Waals surface area (Å²) in [7, 11) is 0. The lowest BCUT2D eigenvalue weighted by molar-refractivity contribution is 0.180. The van der Waals surface area contributed by atoms with Crippen molar-refractivity contribution < 1.29 is 5.11 Å². The molecule has 0 aliphatic carbocycles. The first-order valence-corrected chi connectivity index (χ1v) is 5.61. The van der Waals surface area contributed by atoms with E-state index < -0.39 is 6.10 Å². The van der Waals surface area contributed by atoms with Crippen LogP contribution in [0.3, 0.4) is 0 Å². The number of fused-ring (bicyclic) bond motifs is 1. The van der Waals surface area contributed by atoms with Gasteiger partial charge in [-0.25, -0.2) is 4.98 Å². The summed E-state index contributed by atoms with van der Waals surface area (Å²) in [5.74, 6) is 1.000. The Balaban J connectivity index is 2.46. The van der Waals surface area contributed by atoms with Crippen molar-refractivity contribution in [3.8, 4) is 0 Å². The van der Waals surface area contributed by atoms with Crippen molar-refractivity contribution in [3.63, 3.8) is 0 Å². The van der Waals surface area contributed by atoms with Gasteiger partial charge in [0.25, 0.3) is 0 Å². The highest BCUT2D eigenvalue weighted by Gasteiger charge is 2.25. The molecule has 15 heavy (non-hydrogen) atoms. The van der Waals surface area contributed by atoms with Crippen molar-refractivity contribution in [3.05, 3.63) is 17.2 Å². The molecule has 1 aliphatic rings. The summed E-state index contributed by atoms with van der Waals surface area (Å²) in [6, 6.07) is 0.500. The first-order chi connectivity index (χ1) is 7.15. The van der Waals surface area contributed by atoms with E-state index >= 15 is 0 Å². The monoisotopic (exact) mass is 209 g/mol. The summed E-state index contributed by atoms with van der Waals surface area (Å²) in [5.41, 5.74) is 7.46. The normalized spacial score (nSPS) is 22.5. The van der Waals surface area contributed by atoms with Gasteiger partial charge in [-0.05, 0) is 33.1 Å². The standard InChI is InChI=1S/C11H19N3O/c1-7-4-3-5-9-11(10(15)6-12)13-8(2)14(7)9/h7,10,15H,3-6,12H2,1-2H3. The van der Waals surface area contributed by atoms with Crippen LogP contribution >= 0.6 is 0 Å². The van der Waals surface area contributed by atoms with Gasteiger partial charge in [0, 0.05) is 18.3 Å². The third kappa shape index (κ3) is 1.68. The number of nitrogens with zero attached hydrogens (tertiary/aromatic N) is 2. The summed E-state index contributed by atoms with van der Waals surface area (Å²) < 4.78 is 2.25. The molecule has 1 aliphatic heterocycles. The van der Waals surface area contributed by atoms with E-state index in [2.05, 4.69) is 16.5 Å². The first-order valence-electron chi connectivity index (χ1n) is 5.61. The molecule has 1 aromatic heterocycles. The Morgan fingerprint density at radius 3 is 3.07 bits per heavy atom. The summed E-state index contributed by atoms with van der Waals surface area (Å²) in [6.45, 7) is 4.45. The Hall–Kier alpha value is -0.870. The Morgan fingerprint density at radius 1 is 1.67 bits per heavy atom. The van der Waals surface area contributed by atoms with Gasteiger partial charge in [0.05, 0.1) is 5.69 Å². The fraction of sp³-hybridized carbons (Fsp3) is 0.727. The van der Waals surface area contributed by atoms with Crippen molar-refractivity contribution in [2.24, 2.45) is 5.73 Å². The molecule has 3 N–H and O–H groups in total. The number of aliphatic hydroxyl groups is 1. The largest absolute Gasteiger partial charge is 0.385 e. The van der Waals surface area contributed by atoms with E-state index in [1.807, 2.05) is 6.92 Å². The van der Waals surface area contributed by atoms with E-state index in [4.69, 9.17) is 5.73 Å². The Labute approximate surface area is 90.1 Å². The second-order valence-electron chi connectivity index (χ2n) is 4.35. The predicted octanol–water partition coefficient (Wildman–Crippen LogP) is 1.08. The molecule has 0 spiro atoms. The van der Waals surface area contributed by atoms with Gasteiger partial charge < -0.3 is 15.4 Å². The van der Waals surface area contributed by atoms with Crippen molar-refractivity contribution in [2.75, 3.05) is 6.54 Å². The fourth-order valence-electron chi connectivity index (χ4n) is 2.52. The van der Waals surface area contributed by atoms with Gasteiger partial charge in [-0.2, -0.15) is 0 Å². The maximum atomic E-state index is 9.78. The van der Waals surface area contributed by atoms with Gasteiger partial charge in [-0.3, -0.25) is 0 Å². The van der Waals surface area contributed by atoms with Crippen LogP contribution in [0, 0.1) is 6.92 Å². The molecule has 0 saturated carbocycles.